The highest BCUT2D eigenvalue weighted by Crippen LogP contribution is 2.39. The average molecular weight is 473 g/mol. The molecule has 3 heterocycles. The highest BCUT2D eigenvalue weighted by atomic mass is 16.4. The summed E-state index contributed by atoms with van der Waals surface area (Å²) in [6.07, 6.45) is 4.69. The summed E-state index contributed by atoms with van der Waals surface area (Å²) in [5.74, 6) is -0.0885. The molecule has 3 N–H and O–H groups in total. The Morgan fingerprint density at radius 3 is 2.66 bits per heavy atom. The molecule has 35 heavy (non-hydrogen) atoms. The highest BCUT2D eigenvalue weighted by molar-refractivity contribution is 5.99. The molecule has 1 aromatic heterocycles. The summed E-state index contributed by atoms with van der Waals surface area (Å²) in [6.45, 7) is 7.38. The van der Waals surface area contributed by atoms with Gasteiger partial charge in [0, 0.05) is 41.7 Å². The van der Waals surface area contributed by atoms with E-state index in [0.717, 1.165) is 49.0 Å². The summed E-state index contributed by atoms with van der Waals surface area (Å²) in [4.78, 5) is 27.4. The van der Waals surface area contributed by atoms with Gasteiger partial charge in [-0.1, -0.05) is 44.2 Å². The molecule has 1 fully saturated rings. The van der Waals surface area contributed by atoms with Crippen molar-refractivity contribution in [1.82, 2.24) is 20.1 Å². The van der Waals surface area contributed by atoms with Gasteiger partial charge in [0.05, 0.1) is 11.2 Å². The Bertz CT molecular complexity index is 1300. The van der Waals surface area contributed by atoms with Crippen molar-refractivity contribution in [3.05, 3.63) is 77.1 Å². The molecule has 2 aromatic carbocycles. The van der Waals surface area contributed by atoms with Crippen LogP contribution in [0.5, 0.6) is 0 Å². The van der Waals surface area contributed by atoms with E-state index < -0.39 is 11.5 Å². The highest BCUT2D eigenvalue weighted by Gasteiger charge is 2.35. The molecule has 2 aliphatic rings. The maximum Gasteiger partial charge on any atom is 0.416 e. The molecule has 1 amide bonds. The zero-order valence-electron chi connectivity index (χ0n) is 20.3. The number of aromatic nitrogens is 1. The Morgan fingerprint density at radius 2 is 1.89 bits per heavy atom. The Kier molecular flexibility index (Phi) is 6.21. The van der Waals surface area contributed by atoms with Crippen LogP contribution in [-0.2, 0) is 12.0 Å². The van der Waals surface area contributed by atoms with Crippen molar-refractivity contribution in [2.45, 2.75) is 44.7 Å². The van der Waals surface area contributed by atoms with Gasteiger partial charge in [-0.25, -0.2) is 9.36 Å². The molecule has 0 atom stereocenters. The predicted octanol–water partition coefficient (Wildman–Crippen LogP) is 4.41. The van der Waals surface area contributed by atoms with E-state index in [4.69, 9.17) is 0 Å². The van der Waals surface area contributed by atoms with Crippen LogP contribution in [0.15, 0.2) is 54.7 Å². The van der Waals surface area contributed by atoms with E-state index in [-0.39, 0.29) is 5.91 Å². The minimum absolute atomic E-state index is 0.0885. The molecule has 2 aliphatic heterocycles. The first-order valence-electron chi connectivity index (χ1n) is 12.2. The molecule has 182 valence electrons. The number of carboxylic acid groups (broad SMARTS) is 1. The minimum atomic E-state index is -1.03. The first-order valence-corrected chi connectivity index (χ1v) is 12.2. The number of amides is 1. The SMILES string of the molecule is CC1(C)CN(C(=O)c2cccc(CNC3CCNCC3)c2)C=Cc2c1c1ccccc1n2C(=O)O. The Morgan fingerprint density at radius 1 is 1.11 bits per heavy atom. The molecule has 0 radical (unpaired) electrons. The van der Waals surface area contributed by atoms with Crippen LogP contribution in [-0.4, -0.2) is 52.3 Å². The molecule has 7 nitrogen and oxygen atoms in total. The van der Waals surface area contributed by atoms with Crippen LogP contribution in [0, 0.1) is 0 Å². The number of hydrogen-bond donors (Lipinski definition) is 3. The molecule has 0 saturated carbocycles. The standard InChI is InChI=1S/C28H32N4O3/c1-28(2)18-31(15-12-24-25(28)22-8-3-4-9-23(22)32(24)27(34)35)26(33)20-7-5-6-19(16-20)17-30-21-10-13-29-14-11-21/h3-9,12,15-16,21,29-30H,10-11,13-14,17-18H2,1-2H3,(H,34,35). The number of piperidine rings is 1. The second-order valence-electron chi connectivity index (χ2n) is 10.1. The largest absolute Gasteiger partial charge is 0.464 e. The number of nitrogens with zero attached hydrogens (tertiary/aromatic N) is 2. The molecule has 7 heteroatoms. The predicted molar refractivity (Wildman–Crippen MR) is 138 cm³/mol. The van der Waals surface area contributed by atoms with Crippen molar-refractivity contribution in [3.8, 4) is 0 Å². The van der Waals surface area contributed by atoms with E-state index in [2.05, 4.69) is 24.5 Å². The third-order valence-electron chi connectivity index (χ3n) is 7.13. The van der Waals surface area contributed by atoms with E-state index in [9.17, 15) is 14.7 Å². The fraction of sp³-hybridized carbons (Fsp3) is 0.357. The van der Waals surface area contributed by atoms with Crippen molar-refractivity contribution in [2.75, 3.05) is 19.6 Å². The Labute approximate surface area is 205 Å². The van der Waals surface area contributed by atoms with Gasteiger partial charge in [-0.2, -0.15) is 0 Å². The number of hydrogen-bond acceptors (Lipinski definition) is 4. The van der Waals surface area contributed by atoms with Crippen LogP contribution in [0.1, 0.15) is 53.9 Å². The summed E-state index contributed by atoms with van der Waals surface area (Å²) in [6, 6.07) is 15.8. The molecule has 0 aliphatic carbocycles. The van der Waals surface area contributed by atoms with Crippen molar-refractivity contribution >= 4 is 29.0 Å². The summed E-state index contributed by atoms with van der Waals surface area (Å²) >= 11 is 0. The van der Waals surface area contributed by atoms with Gasteiger partial charge in [-0.15, -0.1) is 0 Å². The lowest BCUT2D eigenvalue weighted by Gasteiger charge is -2.30. The van der Waals surface area contributed by atoms with E-state index in [0.29, 0.717) is 29.4 Å². The van der Waals surface area contributed by atoms with Crippen molar-refractivity contribution in [3.63, 3.8) is 0 Å². The lowest BCUT2D eigenvalue weighted by atomic mass is 9.82. The number of fused-ring (bicyclic) bond motifs is 3. The monoisotopic (exact) mass is 472 g/mol. The maximum atomic E-state index is 13.6. The zero-order valence-corrected chi connectivity index (χ0v) is 20.3. The fourth-order valence-corrected chi connectivity index (χ4v) is 5.46. The molecule has 0 unspecified atom stereocenters. The molecule has 3 aromatic rings. The fourth-order valence-electron chi connectivity index (χ4n) is 5.46. The molecular formula is C28H32N4O3. The molecular weight excluding hydrogens is 440 g/mol. The van der Waals surface area contributed by atoms with Crippen molar-refractivity contribution in [1.29, 1.82) is 0 Å². The lowest BCUT2D eigenvalue weighted by Crippen LogP contribution is -2.39. The van der Waals surface area contributed by atoms with Crippen LogP contribution >= 0.6 is 0 Å². The Balaban J connectivity index is 1.42. The number of carbonyl (C=O) groups excluding carboxylic acids is 1. The van der Waals surface area contributed by atoms with E-state index in [1.54, 1.807) is 17.2 Å². The van der Waals surface area contributed by atoms with Crippen LogP contribution in [0.4, 0.5) is 4.79 Å². The van der Waals surface area contributed by atoms with Gasteiger partial charge in [-0.05, 0) is 61.3 Å². The van der Waals surface area contributed by atoms with Gasteiger partial charge in [0.25, 0.3) is 5.91 Å². The van der Waals surface area contributed by atoms with Crippen LogP contribution in [0.3, 0.4) is 0 Å². The van der Waals surface area contributed by atoms with Crippen LogP contribution in [0.25, 0.3) is 17.0 Å². The zero-order chi connectivity index (χ0) is 24.6. The van der Waals surface area contributed by atoms with Gasteiger partial charge in [0.1, 0.15) is 0 Å². The third kappa shape index (κ3) is 4.49. The summed E-state index contributed by atoms with van der Waals surface area (Å²) < 4.78 is 1.32. The van der Waals surface area contributed by atoms with Gasteiger partial charge >= 0.3 is 6.09 Å². The number of nitrogens with one attached hydrogen (secondary N) is 2. The van der Waals surface area contributed by atoms with E-state index in [1.807, 2.05) is 48.5 Å². The summed E-state index contributed by atoms with van der Waals surface area (Å²) in [5.41, 5.74) is 3.48. The number of benzene rings is 2. The topological polar surface area (TPSA) is 86.6 Å². The average Bonchev–Trinajstić information content (AvgIpc) is 3.14. The quantitative estimate of drug-likeness (QED) is 0.524. The second kappa shape index (κ2) is 9.32. The van der Waals surface area contributed by atoms with E-state index in [1.165, 1.54) is 4.57 Å². The first kappa shape index (κ1) is 23.3. The number of para-hydroxylation sites is 1. The Hall–Kier alpha value is -3.42. The summed E-state index contributed by atoms with van der Waals surface area (Å²) in [7, 11) is 0. The first-order chi connectivity index (χ1) is 16.8. The van der Waals surface area contributed by atoms with Crippen molar-refractivity contribution in [2.24, 2.45) is 0 Å². The normalized spacial score (nSPS) is 17.8. The van der Waals surface area contributed by atoms with Gasteiger partial charge in [0.2, 0.25) is 0 Å². The molecule has 1 saturated heterocycles. The third-order valence-corrected chi connectivity index (χ3v) is 7.13. The van der Waals surface area contributed by atoms with Gasteiger partial charge in [0.15, 0.2) is 0 Å². The second-order valence-corrected chi connectivity index (χ2v) is 10.1. The lowest BCUT2D eigenvalue weighted by molar-refractivity contribution is 0.0801. The maximum absolute atomic E-state index is 13.6. The van der Waals surface area contributed by atoms with Crippen LogP contribution < -0.4 is 10.6 Å². The smallest absolute Gasteiger partial charge is 0.416 e. The van der Waals surface area contributed by atoms with E-state index >= 15 is 0 Å². The molecule has 5 rings (SSSR count). The summed E-state index contributed by atoms with van der Waals surface area (Å²) in [5, 5.41) is 17.8. The van der Waals surface area contributed by atoms with Crippen LogP contribution in [0.2, 0.25) is 0 Å². The molecule has 0 spiro atoms. The van der Waals surface area contributed by atoms with Gasteiger partial charge in [-0.3, -0.25) is 4.79 Å². The number of rotatable bonds is 4. The minimum Gasteiger partial charge on any atom is -0.464 e. The van der Waals surface area contributed by atoms with Crippen molar-refractivity contribution < 1.29 is 14.7 Å². The van der Waals surface area contributed by atoms with Gasteiger partial charge < -0.3 is 20.6 Å². The number of carbonyl (C=O) groups is 2. The molecule has 0 bridgehead atoms.